The van der Waals surface area contributed by atoms with Crippen LogP contribution < -0.4 is 14.4 Å². The van der Waals surface area contributed by atoms with Crippen LogP contribution in [0.1, 0.15) is 24.2 Å². The van der Waals surface area contributed by atoms with E-state index in [-0.39, 0.29) is 5.91 Å². The van der Waals surface area contributed by atoms with E-state index in [1.165, 1.54) is 4.88 Å². The third-order valence-corrected chi connectivity index (χ3v) is 5.94. The van der Waals surface area contributed by atoms with E-state index in [1.54, 1.807) is 17.4 Å². The molecule has 0 unspecified atom stereocenters. The molecule has 0 spiro atoms. The van der Waals surface area contributed by atoms with Crippen molar-refractivity contribution in [3.05, 3.63) is 47.3 Å². The van der Waals surface area contributed by atoms with E-state index in [2.05, 4.69) is 32.6 Å². The van der Waals surface area contributed by atoms with Crippen molar-refractivity contribution in [1.82, 2.24) is 15.1 Å². The average Bonchev–Trinajstić information content (AvgIpc) is 3.47. The number of aromatic nitrogens is 2. The zero-order chi connectivity index (χ0) is 20.9. The van der Waals surface area contributed by atoms with Crippen molar-refractivity contribution in [3.63, 3.8) is 0 Å². The minimum absolute atomic E-state index is 0.0138. The lowest BCUT2D eigenvalue weighted by Crippen LogP contribution is -2.48. The molecule has 2 aromatic heterocycles. The molecule has 0 saturated carbocycles. The maximum absolute atomic E-state index is 13.0. The number of nitrogens with zero attached hydrogens (tertiary/aromatic N) is 3. The highest BCUT2D eigenvalue weighted by molar-refractivity contribution is 7.13. The van der Waals surface area contributed by atoms with Gasteiger partial charge in [-0.15, -0.1) is 11.3 Å². The van der Waals surface area contributed by atoms with Gasteiger partial charge in [0, 0.05) is 37.8 Å². The number of nitrogens with one attached hydrogen (secondary N) is 1. The molecule has 1 aromatic carbocycles. The van der Waals surface area contributed by atoms with Gasteiger partial charge in [-0.25, -0.2) is 0 Å². The van der Waals surface area contributed by atoms with E-state index in [4.69, 9.17) is 9.47 Å². The van der Waals surface area contributed by atoms with E-state index >= 15 is 0 Å². The van der Waals surface area contributed by atoms with Crippen molar-refractivity contribution in [2.75, 3.05) is 44.3 Å². The molecule has 158 valence electrons. The zero-order valence-corrected chi connectivity index (χ0v) is 18.1. The van der Waals surface area contributed by atoms with Crippen LogP contribution in [0, 0.1) is 0 Å². The second kappa shape index (κ2) is 9.21. The number of carbonyl (C=O) groups is 1. The standard InChI is InChI=1S/C22H26N4O3S/c1-3-28-18-8-7-16(14-19(18)29-4-2)22(27)26-11-9-25(10-12-26)21-15-17(23-24-21)20-6-5-13-30-20/h5-8,13-15H,3-4,9-12H2,1-2H3,(H,23,24). The fourth-order valence-electron chi connectivity index (χ4n) is 3.54. The maximum atomic E-state index is 13.0. The number of anilines is 1. The van der Waals surface area contributed by atoms with Gasteiger partial charge in [0.2, 0.25) is 0 Å². The fourth-order valence-corrected chi connectivity index (χ4v) is 4.23. The fraction of sp³-hybridized carbons (Fsp3) is 0.364. The summed E-state index contributed by atoms with van der Waals surface area (Å²) in [5.74, 6) is 2.22. The molecule has 3 heterocycles. The molecule has 0 radical (unpaired) electrons. The first-order valence-electron chi connectivity index (χ1n) is 10.2. The van der Waals surface area contributed by atoms with Gasteiger partial charge in [-0.3, -0.25) is 9.89 Å². The van der Waals surface area contributed by atoms with Crippen LogP contribution in [0.2, 0.25) is 0 Å². The number of aromatic amines is 1. The van der Waals surface area contributed by atoms with Gasteiger partial charge < -0.3 is 19.3 Å². The van der Waals surface area contributed by atoms with Crippen LogP contribution in [-0.2, 0) is 0 Å². The molecule has 30 heavy (non-hydrogen) atoms. The monoisotopic (exact) mass is 426 g/mol. The largest absolute Gasteiger partial charge is 0.490 e. The van der Waals surface area contributed by atoms with E-state index < -0.39 is 0 Å². The minimum Gasteiger partial charge on any atom is -0.490 e. The minimum atomic E-state index is 0.0138. The number of amides is 1. The van der Waals surface area contributed by atoms with Gasteiger partial charge in [-0.1, -0.05) is 6.07 Å². The molecule has 1 aliphatic rings. The highest BCUT2D eigenvalue weighted by atomic mass is 32.1. The normalized spacial score (nSPS) is 14.1. The lowest BCUT2D eigenvalue weighted by molar-refractivity contribution is 0.0746. The molecule has 1 aliphatic heterocycles. The molecule has 1 fully saturated rings. The van der Waals surface area contributed by atoms with Gasteiger partial charge in [0.15, 0.2) is 17.3 Å². The first-order chi connectivity index (χ1) is 14.7. The molecule has 8 heteroatoms. The summed E-state index contributed by atoms with van der Waals surface area (Å²) < 4.78 is 11.3. The van der Waals surface area contributed by atoms with Crippen molar-refractivity contribution < 1.29 is 14.3 Å². The number of rotatable bonds is 7. The molecule has 0 atom stereocenters. The molecule has 0 bridgehead atoms. The number of thiophene rings is 1. The summed E-state index contributed by atoms with van der Waals surface area (Å²) in [6.07, 6.45) is 0. The number of ether oxygens (including phenoxy) is 2. The Hall–Kier alpha value is -3.00. The second-order valence-corrected chi connectivity index (χ2v) is 7.87. The molecule has 3 aromatic rings. The summed E-state index contributed by atoms with van der Waals surface area (Å²) in [7, 11) is 0. The third-order valence-electron chi connectivity index (χ3n) is 5.03. The van der Waals surface area contributed by atoms with Crippen molar-refractivity contribution in [3.8, 4) is 22.1 Å². The smallest absolute Gasteiger partial charge is 0.254 e. The number of hydrogen-bond acceptors (Lipinski definition) is 6. The Kier molecular flexibility index (Phi) is 6.23. The number of benzene rings is 1. The second-order valence-electron chi connectivity index (χ2n) is 6.92. The number of carbonyl (C=O) groups excluding carboxylic acids is 1. The quantitative estimate of drug-likeness (QED) is 0.621. The molecule has 1 amide bonds. The molecule has 1 N–H and O–H groups in total. The van der Waals surface area contributed by atoms with Crippen LogP contribution in [0.4, 0.5) is 5.82 Å². The van der Waals surface area contributed by atoms with Crippen molar-refractivity contribution in [1.29, 1.82) is 0 Å². The van der Waals surface area contributed by atoms with Crippen LogP contribution in [0.25, 0.3) is 10.6 Å². The highest BCUT2D eigenvalue weighted by Gasteiger charge is 2.24. The number of H-pyrrole nitrogens is 1. The first-order valence-corrected chi connectivity index (χ1v) is 11.1. The van der Waals surface area contributed by atoms with Gasteiger partial charge in [0.25, 0.3) is 5.91 Å². The Morgan fingerprint density at radius 2 is 1.83 bits per heavy atom. The predicted molar refractivity (Wildman–Crippen MR) is 119 cm³/mol. The molecule has 1 saturated heterocycles. The lowest BCUT2D eigenvalue weighted by atomic mass is 10.1. The Morgan fingerprint density at radius 3 is 2.53 bits per heavy atom. The first kappa shape index (κ1) is 20.3. The highest BCUT2D eigenvalue weighted by Crippen LogP contribution is 2.30. The van der Waals surface area contributed by atoms with Crippen LogP contribution in [0.15, 0.2) is 41.8 Å². The van der Waals surface area contributed by atoms with Crippen LogP contribution in [0.5, 0.6) is 11.5 Å². The van der Waals surface area contributed by atoms with E-state index in [1.807, 2.05) is 36.9 Å². The van der Waals surface area contributed by atoms with Gasteiger partial charge in [0.1, 0.15) is 0 Å². The maximum Gasteiger partial charge on any atom is 0.254 e. The van der Waals surface area contributed by atoms with Gasteiger partial charge in [-0.05, 0) is 43.5 Å². The van der Waals surface area contributed by atoms with E-state index in [9.17, 15) is 4.79 Å². The van der Waals surface area contributed by atoms with Crippen LogP contribution >= 0.6 is 11.3 Å². The molecule has 0 aliphatic carbocycles. The Balaban J connectivity index is 1.40. The predicted octanol–water partition coefficient (Wildman–Crippen LogP) is 3.90. The average molecular weight is 427 g/mol. The summed E-state index contributed by atoms with van der Waals surface area (Å²) in [6.45, 7) is 7.71. The SMILES string of the molecule is CCOc1ccc(C(=O)N2CCN(c3cc(-c4cccs4)[nH]n3)CC2)cc1OCC. The lowest BCUT2D eigenvalue weighted by Gasteiger charge is -2.34. The van der Waals surface area contributed by atoms with Crippen molar-refractivity contribution >= 4 is 23.1 Å². The van der Waals surface area contributed by atoms with Crippen molar-refractivity contribution in [2.45, 2.75) is 13.8 Å². The molecule has 7 nitrogen and oxygen atoms in total. The van der Waals surface area contributed by atoms with Gasteiger partial charge in [-0.2, -0.15) is 5.10 Å². The summed E-state index contributed by atoms with van der Waals surface area (Å²) >= 11 is 1.68. The number of hydrogen-bond donors (Lipinski definition) is 1. The Bertz CT molecular complexity index is 978. The molecular formula is C22H26N4O3S. The third kappa shape index (κ3) is 4.28. The summed E-state index contributed by atoms with van der Waals surface area (Å²) in [5.41, 5.74) is 1.64. The van der Waals surface area contributed by atoms with Gasteiger partial charge >= 0.3 is 0 Å². The molecular weight excluding hydrogens is 400 g/mol. The van der Waals surface area contributed by atoms with Crippen LogP contribution in [-0.4, -0.2) is 60.4 Å². The van der Waals surface area contributed by atoms with E-state index in [0.29, 0.717) is 43.4 Å². The summed E-state index contributed by atoms with van der Waals surface area (Å²) in [6, 6.07) is 11.6. The Labute approximate surface area is 180 Å². The number of piperazine rings is 1. The van der Waals surface area contributed by atoms with Crippen LogP contribution in [0.3, 0.4) is 0 Å². The topological polar surface area (TPSA) is 70.7 Å². The Morgan fingerprint density at radius 1 is 1.07 bits per heavy atom. The summed E-state index contributed by atoms with van der Waals surface area (Å²) in [4.78, 5) is 18.3. The zero-order valence-electron chi connectivity index (χ0n) is 17.3. The summed E-state index contributed by atoms with van der Waals surface area (Å²) in [5, 5.41) is 9.62. The van der Waals surface area contributed by atoms with E-state index in [0.717, 1.165) is 24.6 Å². The van der Waals surface area contributed by atoms with Gasteiger partial charge in [0.05, 0.1) is 23.8 Å². The van der Waals surface area contributed by atoms with Crippen molar-refractivity contribution in [2.24, 2.45) is 0 Å². The molecule has 4 rings (SSSR count).